The van der Waals surface area contributed by atoms with Gasteiger partial charge in [-0.05, 0) is 37.7 Å². The van der Waals surface area contributed by atoms with Crippen LogP contribution in [-0.2, 0) is 6.42 Å². The van der Waals surface area contributed by atoms with Gasteiger partial charge in [-0.1, -0.05) is 52.0 Å². The molecular weight excluding hydrogens is 276 g/mol. The zero-order valence-corrected chi connectivity index (χ0v) is 15.2. The first-order valence-corrected chi connectivity index (χ1v) is 9.31. The Morgan fingerprint density at radius 1 is 1.10 bits per heavy atom. The summed E-state index contributed by atoms with van der Waals surface area (Å²) in [6.45, 7) is 12.5. The summed E-state index contributed by atoms with van der Waals surface area (Å²) in [5.41, 5.74) is 2.81. The highest BCUT2D eigenvalue weighted by Crippen LogP contribution is 2.26. The third-order valence-corrected chi connectivity index (χ3v) is 5.43. The van der Waals surface area contributed by atoms with Crippen LogP contribution in [0.25, 0.3) is 0 Å². The van der Waals surface area contributed by atoms with Crippen molar-refractivity contribution in [3.63, 3.8) is 0 Å². The van der Waals surface area contributed by atoms with Gasteiger partial charge in [0.15, 0.2) is 0 Å². The second-order valence-electron chi connectivity index (χ2n) is 5.46. The van der Waals surface area contributed by atoms with Crippen molar-refractivity contribution in [2.45, 2.75) is 45.4 Å². The Labute approximate surface area is 135 Å². The Balaban J connectivity index is 2.53. The summed E-state index contributed by atoms with van der Waals surface area (Å²) in [4.78, 5) is 2.49. The summed E-state index contributed by atoms with van der Waals surface area (Å²) in [6.07, 6.45) is 1.11. The molecule has 0 radical (unpaired) electrons. The van der Waals surface area contributed by atoms with Crippen LogP contribution in [0.5, 0.6) is 0 Å². The molecule has 0 fully saturated rings. The first-order valence-electron chi connectivity index (χ1n) is 8.26. The van der Waals surface area contributed by atoms with E-state index in [1.165, 1.54) is 23.4 Å². The molecule has 0 bridgehead atoms. The maximum Gasteiger partial charge on any atom is 0.0435 e. The molecule has 2 nitrogen and oxygen atoms in total. The van der Waals surface area contributed by atoms with Crippen molar-refractivity contribution in [2.75, 3.05) is 32.4 Å². The van der Waals surface area contributed by atoms with Crippen molar-refractivity contribution in [3.05, 3.63) is 35.4 Å². The Kier molecular flexibility index (Phi) is 9.05. The SMILES string of the molecule is CCc1ccc(C(NC)C(C)SCCN(CC)CC)cc1. The molecule has 1 N–H and O–H groups in total. The van der Waals surface area contributed by atoms with E-state index in [1.807, 2.05) is 0 Å². The van der Waals surface area contributed by atoms with Gasteiger partial charge in [-0.15, -0.1) is 0 Å². The monoisotopic (exact) mass is 308 g/mol. The maximum atomic E-state index is 3.49. The molecule has 1 rings (SSSR count). The molecular formula is C18H32N2S. The fourth-order valence-corrected chi connectivity index (χ4v) is 3.86. The summed E-state index contributed by atoms with van der Waals surface area (Å²) in [5, 5.41) is 4.07. The van der Waals surface area contributed by atoms with Crippen LogP contribution < -0.4 is 5.32 Å². The summed E-state index contributed by atoms with van der Waals surface area (Å²) < 4.78 is 0. The first-order chi connectivity index (χ1) is 10.2. The zero-order valence-electron chi connectivity index (χ0n) is 14.4. The highest BCUT2D eigenvalue weighted by molar-refractivity contribution is 7.99. The summed E-state index contributed by atoms with van der Waals surface area (Å²) in [5.74, 6) is 1.20. The molecule has 0 aliphatic heterocycles. The molecule has 2 unspecified atom stereocenters. The summed E-state index contributed by atoms with van der Waals surface area (Å²) in [6, 6.07) is 9.50. The van der Waals surface area contributed by atoms with E-state index in [-0.39, 0.29) is 0 Å². The quantitative estimate of drug-likeness (QED) is 0.704. The van der Waals surface area contributed by atoms with Gasteiger partial charge >= 0.3 is 0 Å². The summed E-state index contributed by atoms with van der Waals surface area (Å²) in [7, 11) is 2.07. The van der Waals surface area contributed by atoms with Gasteiger partial charge in [0, 0.05) is 23.6 Å². The highest BCUT2D eigenvalue weighted by atomic mass is 32.2. The van der Waals surface area contributed by atoms with Crippen molar-refractivity contribution in [1.82, 2.24) is 10.2 Å². The molecule has 0 saturated heterocycles. The average Bonchev–Trinajstić information content (AvgIpc) is 2.53. The zero-order chi connectivity index (χ0) is 15.7. The largest absolute Gasteiger partial charge is 0.312 e. The molecule has 0 aromatic heterocycles. The van der Waals surface area contributed by atoms with Crippen LogP contribution in [0.15, 0.2) is 24.3 Å². The van der Waals surface area contributed by atoms with Gasteiger partial charge in [-0.25, -0.2) is 0 Å². The molecule has 0 aliphatic carbocycles. The van der Waals surface area contributed by atoms with Gasteiger partial charge in [0.05, 0.1) is 0 Å². The average molecular weight is 309 g/mol. The Morgan fingerprint density at radius 2 is 1.71 bits per heavy atom. The molecule has 21 heavy (non-hydrogen) atoms. The van der Waals surface area contributed by atoms with Gasteiger partial charge in [0.25, 0.3) is 0 Å². The number of rotatable bonds is 10. The van der Waals surface area contributed by atoms with Gasteiger partial charge in [0.2, 0.25) is 0 Å². The van der Waals surface area contributed by atoms with Gasteiger partial charge < -0.3 is 10.2 Å². The van der Waals surface area contributed by atoms with Crippen molar-refractivity contribution in [1.29, 1.82) is 0 Å². The van der Waals surface area contributed by atoms with Crippen LogP contribution >= 0.6 is 11.8 Å². The Hall–Kier alpha value is -0.510. The van der Waals surface area contributed by atoms with Crippen molar-refractivity contribution in [3.8, 4) is 0 Å². The van der Waals surface area contributed by atoms with Crippen molar-refractivity contribution >= 4 is 11.8 Å². The lowest BCUT2D eigenvalue weighted by Gasteiger charge is -2.25. The molecule has 1 aromatic rings. The fourth-order valence-electron chi connectivity index (χ4n) is 2.64. The fraction of sp³-hybridized carbons (Fsp3) is 0.667. The van der Waals surface area contributed by atoms with E-state index in [1.54, 1.807) is 0 Å². The number of aryl methyl sites for hydroxylation is 1. The molecule has 120 valence electrons. The van der Waals surface area contributed by atoms with Crippen LogP contribution in [0.3, 0.4) is 0 Å². The standard InChI is InChI=1S/C18H32N2S/c1-6-16-9-11-17(12-10-16)18(19-5)15(4)21-14-13-20(7-2)8-3/h9-12,15,18-19H,6-8,13-14H2,1-5H3. The van der Waals surface area contributed by atoms with Gasteiger partial charge in [0.1, 0.15) is 0 Å². The number of hydrogen-bond donors (Lipinski definition) is 1. The van der Waals surface area contributed by atoms with Crippen molar-refractivity contribution in [2.24, 2.45) is 0 Å². The number of nitrogens with one attached hydrogen (secondary N) is 1. The third kappa shape index (κ3) is 6.01. The number of benzene rings is 1. The molecule has 0 saturated carbocycles. The molecule has 1 aromatic carbocycles. The van der Waals surface area contributed by atoms with E-state index in [0.29, 0.717) is 11.3 Å². The molecule has 0 amide bonds. The number of nitrogens with zero attached hydrogens (tertiary/aromatic N) is 1. The molecule has 0 spiro atoms. The topological polar surface area (TPSA) is 15.3 Å². The van der Waals surface area contributed by atoms with Crippen LogP contribution in [0.2, 0.25) is 0 Å². The van der Waals surface area contributed by atoms with E-state index < -0.39 is 0 Å². The molecule has 0 aliphatic rings. The third-order valence-electron chi connectivity index (χ3n) is 4.21. The molecule has 3 heteroatoms. The van der Waals surface area contributed by atoms with Gasteiger partial charge in [-0.2, -0.15) is 11.8 Å². The minimum absolute atomic E-state index is 0.428. The van der Waals surface area contributed by atoms with Gasteiger partial charge in [-0.3, -0.25) is 0 Å². The van der Waals surface area contributed by atoms with E-state index in [2.05, 4.69) is 81.0 Å². The lowest BCUT2D eigenvalue weighted by Crippen LogP contribution is -2.28. The smallest absolute Gasteiger partial charge is 0.0435 e. The van der Waals surface area contributed by atoms with Crippen LogP contribution in [0.4, 0.5) is 0 Å². The van der Waals surface area contributed by atoms with Crippen LogP contribution in [0, 0.1) is 0 Å². The lowest BCUT2D eigenvalue weighted by atomic mass is 10.0. The van der Waals surface area contributed by atoms with E-state index >= 15 is 0 Å². The predicted octanol–water partition coefficient (Wildman–Crippen LogP) is 3.97. The Bertz CT molecular complexity index is 373. The number of hydrogen-bond acceptors (Lipinski definition) is 3. The predicted molar refractivity (Wildman–Crippen MR) is 97.3 cm³/mol. The maximum absolute atomic E-state index is 3.49. The summed E-state index contributed by atoms with van der Waals surface area (Å²) >= 11 is 2.07. The van der Waals surface area contributed by atoms with Crippen LogP contribution in [-0.4, -0.2) is 42.6 Å². The van der Waals surface area contributed by atoms with E-state index in [9.17, 15) is 0 Å². The van der Waals surface area contributed by atoms with Crippen LogP contribution in [0.1, 0.15) is 44.9 Å². The normalized spacial score (nSPS) is 14.4. The van der Waals surface area contributed by atoms with E-state index in [0.717, 1.165) is 19.5 Å². The molecule has 2 atom stereocenters. The first kappa shape index (κ1) is 18.5. The number of thioether (sulfide) groups is 1. The second kappa shape index (κ2) is 10.3. The minimum atomic E-state index is 0.428. The lowest BCUT2D eigenvalue weighted by molar-refractivity contribution is 0.323. The van der Waals surface area contributed by atoms with E-state index in [4.69, 9.17) is 0 Å². The molecule has 0 heterocycles. The second-order valence-corrected chi connectivity index (χ2v) is 6.95. The highest BCUT2D eigenvalue weighted by Gasteiger charge is 2.17. The minimum Gasteiger partial charge on any atom is -0.312 e. The van der Waals surface area contributed by atoms with Crippen molar-refractivity contribution < 1.29 is 0 Å². The Morgan fingerprint density at radius 3 is 2.19 bits per heavy atom.